The summed E-state index contributed by atoms with van der Waals surface area (Å²) >= 11 is 0. The van der Waals surface area contributed by atoms with E-state index < -0.39 is 0 Å². The third-order valence-corrected chi connectivity index (χ3v) is 8.21. The first kappa shape index (κ1) is 14.7. The van der Waals surface area contributed by atoms with Crippen molar-refractivity contribution in [2.75, 3.05) is 6.54 Å². The van der Waals surface area contributed by atoms with Crippen LogP contribution in [0.25, 0.3) is 0 Å². The highest BCUT2D eigenvalue weighted by molar-refractivity contribution is 5.87. The van der Waals surface area contributed by atoms with Gasteiger partial charge in [-0.15, -0.1) is 0 Å². The summed E-state index contributed by atoms with van der Waals surface area (Å²) in [5.41, 5.74) is 0.276. The summed E-state index contributed by atoms with van der Waals surface area (Å²) in [4.78, 5) is 24.3. The number of carbonyl (C=O) groups is 2. The van der Waals surface area contributed by atoms with E-state index in [0.29, 0.717) is 29.5 Å². The van der Waals surface area contributed by atoms with E-state index in [-0.39, 0.29) is 11.3 Å². The van der Waals surface area contributed by atoms with Gasteiger partial charge >= 0.3 is 0 Å². The minimum Gasteiger partial charge on any atom is -0.356 e. The summed E-state index contributed by atoms with van der Waals surface area (Å²) in [6, 6.07) is 0. The van der Waals surface area contributed by atoms with E-state index in [9.17, 15) is 9.59 Å². The highest BCUT2D eigenvalue weighted by Crippen LogP contribution is 2.63. The van der Waals surface area contributed by atoms with Gasteiger partial charge in [-0.25, -0.2) is 0 Å². The van der Waals surface area contributed by atoms with Crippen LogP contribution in [0.15, 0.2) is 0 Å². The Labute approximate surface area is 133 Å². The lowest BCUT2D eigenvalue weighted by atomic mass is 9.47. The number of hydrogen-bond donors (Lipinski definition) is 1. The molecule has 3 aliphatic carbocycles. The Morgan fingerprint density at radius 1 is 0.955 bits per heavy atom. The molecule has 0 bridgehead atoms. The van der Waals surface area contributed by atoms with Gasteiger partial charge in [0.15, 0.2) is 0 Å². The molecule has 0 unspecified atom stereocenters. The summed E-state index contributed by atoms with van der Waals surface area (Å²) in [5.74, 6) is 3.47. The van der Waals surface area contributed by atoms with Gasteiger partial charge in [-0.2, -0.15) is 0 Å². The Hall–Kier alpha value is -0.860. The minimum atomic E-state index is -0.0246. The van der Waals surface area contributed by atoms with E-state index in [1.54, 1.807) is 0 Å². The lowest BCUT2D eigenvalue weighted by Crippen LogP contribution is -2.52. The molecule has 122 valence electrons. The highest BCUT2D eigenvalue weighted by atomic mass is 16.1. The van der Waals surface area contributed by atoms with Crippen molar-refractivity contribution in [3.8, 4) is 0 Å². The lowest BCUT2D eigenvalue weighted by Gasteiger charge is -2.57. The quantitative estimate of drug-likeness (QED) is 0.746. The number of carbonyl (C=O) groups excluding carboxylic acids is 2. The van der Waals surface area contributed by atoms with Crippen molar-refractivity contribution in [3.63, 3.8) is 0 Å². The number of Topliss-reactive ketones (excluding diaryl/α,β-unsaturated/α-hetero) is 1. The van der Waals surface area contributed by atoms with Crippen molar-refractivity contribution in [1.82, 2.24) is 5.32 Å². The van der Waals surface area contributed by atoms with Crippen LogP contribution in [-0.2, 0) is 9.59 Å². The maximum atomic E-state index is 12.4. The molecular formula is C19H29NO2. The predicted molar refractivity (Wildman–Crippen MR) is 85.1 cm³/mol. The topological polar surface area (TPSA) is 46.2 Å². The molecule has 0 radical (unpaired) electrons. The van der Waals surface area contributed by atoms with Crippen LogP contribution in [0.5, 0.6) is 0 Å². The van der Waals surface area contributed by atoms with Gasteiger partial charge in [-0.05, 0) is 67.6 Å². The Kier molecular flexibility index (Phi) is 3.22. The molecule has 4 rings (SSSR count). The lowest BCUT2D eigenvalue weighted by molar-refractivity contribution is -0.136. The zero-order valence-corrected chi connectivity index (χ0v) is 14.0. The fourth-order valence-electron chi connectivity index (χ4n) is 6.74. The molecule has 1 amide bonds. The van der Waals surface area contributed by atoms with E-state index in [1.807, 2.05) is 0 Å². The zero-order valence-electron chi connectivity index (χ0n) is 14.0. The number of nitrogens with one attached hydrogen (secondary N) is 1. The molecule has 4 aliphatic rings. The third kappa shape index (κ3) is 1.86. The van der Waals surface area contributed by atoms with Crippen LogP contribution >= 0.6 is 0 Å². The smallest absolute Gasteiger partial charge is 0.220 e. The minimum absolute atomic E-state index is 0.0246. The molecule has 22 heavy (non-hydrogen) atoms. The van der Waals surface area contributed by atoms with Crippen LogP contribution < -0.4 is 5.32 Å². The molecule has 1 N–H and O–H groups in total. The molecule has 0 aromatic carbocycles. The first-order valence-electron chi connectivity index (χ1n) is 9.25. The Morgan fingerprint density at radius 2 is 1.77 bits per heavy atom. The second kappa shape index (κ2) is 4.82. The molecule has 0 spiro atoms. The van der Waals surface area contributed by atoms with Gasteiger partial charge in [0, 0.05) is 24.8 Å². The second-order valence-corrected chi connectivity index (χ2v) is 8.88. The Morgan fingerprint density at radius 3 is 2.59 bits per heavy atom. The van der Waals surface area contributed by atoms with Gasteiger partial charge in [0.25, 0.3) is 0 Å². The van der Waals surface area contributed by atoms with Crippen LogP contribution in [0.2, 0.25) is 0 Å². The Bertz CT molecular complexity index is 516. The van der Waals surface area contributed by atoms with Crippen LogP contribution in [0.3, 0.4) is 0 Å². The van der Waals surface area contributed by atoms with E-state index in [4.69, 9.17) is 0 Å². The van der Waals surface area contributed by atoms with E-state index >= 15 is 0 Å². The van der Waals surface area contributed by atoms with Crippen LogP contribution in [0.1, 0.15) is 65.2 Å². The van der Waals surface area contributed by atoms with Gasteiger partial charge in [0.1, 0.15) is 5.78 Å². The maximum absolute atomic E-state index is 12.4. The molecule has 1 saturated heterocycles. The fourth-order valence-corrected chi connectivity index (χ4v) is 6.74. The van der Waals surface area contributed by atoms with Gasteiger partial charge in [0.05, 0.1) is 0 Å². The standard InChI is InChI=1S/C19H29NO2/c1-18-10-8-17(22)20-11-12(18)3-4-13-14-5-6-16(21)19(14,2)9-7-15(13)18/h12-15H,3-11H2,1-2H3,(H,20,22)/t12-,13-,14-,15-,18-,19-/m0/s1. The van der Waals surface area contributed by atoms with E-state index in [2.05, 4.69) is 19.2 Å². The number of hydrogen-bond acceptors (Lipinski definition) is 2. The van der Waals surface area contributed by atoms with Gasteiger partial charge in [-0.1, -0.05) is 13.8 Å². The average Bonchev–Trinajstić information content (AvgIpc) is 2.70. The molecule has 0 aromatic heterocycles. The number of fused-ring (bicyclic) bond motifs is 5. The average molecular weight is 303 g/mol. The molecule has 6 atom stereocenters. The predicted octanol–water partition coefficient (Wildman–Crippen LogP) is 3.32. The van der Waals surface area contributed by atoms with E-state index in [0.717, 1.165) is 44.1 Å². The summed E-state index contributed by atoms with van der Waals surface area (Å²) < 4.78 is 0. The summed E-state index contributed by atoms with van der Waals surface area (Å²) in [6.45, 7) is 5.57. The molecule has 0 aromatic rings. The van der Waals surface area contributed by atoms with Crippen molar-refractivity contribution in [2.24, 2.45) is 34.5 Å². The van der Waals surface area contributed by atoms with Crippen molar-refractivity contribution < 1.29 is 9.59 Å². The molecule has 3 saturated carbocycles. The fraction of sp³-hybridized carbons (Fsp3) is 0.895. The SMILES string of the molecule is C[C@]12CCC(=O)NC[C@@H]1CC[C@@H]1[C@@H]2CC[C@]2(C)C(=O)CC[C@@H]12. The highest BCUT2D eigenvalue weighted by Gasteiger charge is 2.59. The van der Waals surface area contributed by atoms with Gasteiger partial charge in [0.2, 0.25) is 5.91 Å². The van der Waals surface area contributed by atoms with Crippen molar-refractivity contribution in [2.45, 2.75) is 65.2 Å². The normalized spacial score (nSPS) is 51.4. The molecule has 3 nitrogen and oxygen atoms in total. The largest absolute Gasteiger partial charge is 0.356 e. The molecule has 4 fully saturated rings. The van der Waals surface area contributed by atoms with Gasteiger partial charge in [-0.3, -0.25) is 9.59 Å². The zero-order chi connectivity index (χ0) is 15.5. The molecule has 1 aliphatic heterocycles. The van der Waals surface area contributed by atoms with Crippen LogP contribution in [0.4, 0.5) is 0 Å². The Balaban J connectivity index is 1.65. The van der Waals surface area contributed by atoms with E-state index in [1.165, 1.54) is 19.3 Å². The summed E-state index contributed by atoms with van der Waals surface area (Å²) in [7, 11) is 0. The van der Waals surface area contributed by atoms with Crippen molar-refractivity contribution in [1.29, 1.82) is 0 Å². The summed E-state index contributed by atoms with van der Waals surface area (Å²) in [6.07, 6.45) is 8.46. The van der Waals surface area contributed by atoms with Crippen LogP contribution in [-0.4, -0.2) is 18.2 Å². The van der Waals surface area contributed by atoms with Gasteiger partial charge < -0.3 is 5.32 Å². The molecular weight excluding hydrogens is 274 g/mol. The number of rotatable bonds is 0. The number of amides is 1. The first-order chi connectivity index (χ1) is 10.4. The number of ketones is 1. The molecule has 1 heterocycles. The van der Waals surface area contributed by atoms with Crippen molar-refractivity contribution >= 4 is 11.7 Å². The third-order valence-electron chi connectivity index (χ3n) is 8.21. The second-order valence-electron chi connectivity index (χ2n) is 8.88. The van der Waals surface area contributed by atoms with Crippen LogP contribution in [0, 0.1) is 34.5 Å². The monoisotopic (exact) mass is 303 g/mol. The first-order valence-corrected chi connectivity index (χ1v) is 9.25. The van der Waals surface area contributed by atoms with Crippen molar-refractivity contribution in [3.05, 3.63) is 0 Å². The summed E-state index contributed by atoms with van der Waals surface area (Å²) in [5, 5.41) is 3.13. The molecule has 3 heteroatoms. The maximum Gasteiger partial charge on any atom is 0.220 e.